The number of amides is 1. The number of nitrogens with two attached hydrogens (primary N) is 1. The predicted molar refractivity (Wildman–Crippen MR) is 91.1 cm³/mol. The Morgan fingerprint density at radius 1 is 1.17 bits per heavy atom. The molecule has 0 radical (unpaired) electrons. The highest BCUT2D eigenvalue weighted by Gasteiger charge is 2.53. The summed E-state index contributed by atoms with van der Waals surface area (Å²) < 4.78 is 5.53. The van der Waals surface area contributed by atoms with Gasteiger partial charge in [0.05, 0.1) is 11.6 Å². The summed E-state index contributed by atoms with van der Waals surface area (Å²) in [5.74, 6) is 0. The lowest BCUT2D eigenvalue weighted by atomic mass is 9.56. The van der Waals surface area contributed by atoms with Crippen molar-refractivity contribution in [2.24, 2.45) is 11.1 Å². The molecule has 134 valence electrons. The fourth-order valence-corrected chi connectivity index (χ4v) is 4.48. The SMILES string of the molecule is CC(C)(C)OC(=O)NC1(C2(CN)CCC(O)CC2)CCCCC1. The normalized spacial score (nSPS) is 31.4. The Morgan fingerprint density at radius 3 is 2.22 bits per heavy atom. The Balaban J connectivity index is 2.22. The maximum absolute atomic E-state index is 12.5. The van der Waals surface area contributed by atoms with E-state index in [1.807, 2.05) is 20.8 Å². The molecule has 1 amide bonds. The topological polar surface area (TPSA) is 84.6 Å². The van der Waals surface area contributed by atoms with Crippen molar-refractivity contribution in [2.75, 3.05) is 6.54 Å². The minimum Gasteiger partial charge on any atom is -0.444 e. The van der Waals surface area contributed by atoms with Gasteiger partial charge in [0.2, 0.25) is 0 Å². The van der Waals surface area contributed by atoms with Crippen LogP contribution < -0.4 is 11.1 Å². The zero-order chi connectivity index (χ0) is 17.1. The molecule has 2 saturated carbocycles. The Hall–Kier alpha value is -0.810. The van der Waals surface area contributed by atoms with E-state index in [0.29, 0.717) is 6.54 Å². The van der Waals surface area contributed by atoms with Gasteiger partial charge in [-0.2, -0.15) is 0 Å². The molecule has 2 rings (SSSR count). The summed E-state index contributed by atoms with van der Waals surface area (Å²) in [5, 5.41) is 13.1. The molecule has 2 aliphatic rings. The second-order valence-corrected chi connectivity index (χ2v) is 8.49. The predicted octanol–water partition coefficient (Wildman–Crippen LogP) is 3.09. The first-order valence-corrected chi connectivity index (χ1v) is 9.11. The molecule has 2 fully saturated rings. The van der Waals surface area contributed by atoms with Crippen molar-refractivity contribution in [1.82, 2.24) is 5.32 Å². The summed E-state index contributed by atoms with van der Waals surface area (Å²) in [6.45, 7) is 6.21. The molecule has 0 aliphatic heterocycles. The molecule has 5 heteroatoms. The second kappa shape index (κ2) is 6.98. The summed E-state index contributed by atoms with van der Waals surface area (Å²) >= 11 is 0. The van der Waals surface area contributed by atoms with Crippen molar-refractivity contribution in [3.63, 3.8) is 0 Å². The van der Waals surface area contributed by atoms with E-state index in [0.717, 1.165) is 51.4 Å². The monoisotopic (exact) mass is 326 g/mol. The zero-order valence-electron chi connectivity index (χ0n) is 15.0. The number of rotatable bonds is 3. The molecular weight excluding hydrogens is 292 g/mol. The van der Waals surface area contributed by atoms with Crippen molar-refractivity contribution in [3.8, 4) is 0 Å². The van der Waals surface area contributed by atoms with Crippen molar-refractivity contribution in [3.05, 3.63) is 0 Å². The van der Waals surface area contributed by atoms with Crippen molar-refractivity contribution < 1.29 is 14.6 Å². The van der Waals surface area contributed by atoms with E-state index in [9.17, 15) is 9.90 Å². The van der Waals surface area contributed by atoms with Crippen LogP contribution in [-0.4, -0.2) is 35.0 Å². The minimum absolute atomic E-state index is 0.121. The van der Waals surface area contributed by atoms with E-state index in [1.165, 1.54) is 6.42 Å². The lowest BCUT2D eigenvalue weighted by Crippen LogP contribution is -2.65. The van der Waals surface area contributed by atoms with Gasteiger partial charge in [0.15, 0.2) is 0 Å². The fraction of sp³-hybridized carbons (Fsp3) is 0.944. The summed E-state index contributed by atoms with van der Waals surface area (Å²) in [7, 11) is 0. The average molecular weight is 326 g/mol. The molecule has 0 saturated heterocycles. The van der Waals surface area contributed by atoms with Crippen LogP contribution in [0.1, 0.15) is 78.6 Å². The Morgan fingerprint density at radius 2 is 1.74 bits per heavy atom. The van der Waals surface area contributed by atoms with Crippen molar-refractivity contribution >= 4 is 6.09 Å². The van der Waals surface area contributed by atoms with Crippen LogP contribution in [0.3, 0.4) is 0 Å². The van der Waals surface area contributed by atoms with Crippen molar-refractivity contribution in [2.45, 2.75) is 95.8 Å². The van der Waals surface area contributed by atoms with Gasteiger partial charge in [0.25, 0.3) is 0 Å². The van der Waals surface area contributed by atoms with E-state index in [2.05, 4.69) is 5.32 Å². The van der Waals surface area contributed by atoms with Gasteiger partial charge in [0.1, 0.15) is 5.60 Å². The summed E-state index contributed by atoms with van der Waals surface area (Å²) in [4.78, 5) is 12.5. The number of alkyl carbamates (subject to hydrolysis) is 1. The number of aliphatic hydroxyl groups excluding tert-OH is 1. The molecule has 23 heavy (non-hydrogen) atoms. The van der Waals surface area contributed by atoms with Crippen LogP contribution in [0.2, 0.25) is 0 Å². The molecule has 5 nitrogen and oxygen atoms in total. The van der Waals surface area contributed by atoms with E-state index < -0.39 is 5.60 Å². The van der Waals surface area contributed by atoms with Crippen LogP contribution in [0.15, 0.2) is 0 Å². The third-order valence-electron chi connectivity index (χ3n) is 5.77. The van der Waals surface area contributed by atoms with Crippen LogP contribution in [0, 0.1) is 5.41 Å². The van der Waals surface area contributed by atoms with E-state index >= 15 is 0 Å². The second-order valence-electron chi connectivity index (χ2n) is 8.49. The molecule has 0 spiro atoms. The molecule has 0 heterocycles. The molecule has 0 aromatic rings. The Bertz CT molecular complexity index is 403. The van der Waals surface area contributed by atoms with Gasteiger partial charge in [-0.15, -0.1) is 0 Å². The Labute approximate surface area is 140 Å². The van der Waals surface area contributed by atoms with Gasteiger partial charge in [-0.05, 0) is 59.3 Å². The standard InChI is InChI=1S/C18H34N2O3/c1-16(2,3)23-15(22)20-18(9-5-4-6-10-18)17(13-19)11-7-14(21)8-12-17/h14,21H,4-13,19H2,1-3H3,(H,20,22). The molecule has 0 aromatic heterocycles. The van der Waals surface area contributed by atoms with Crippen molar-refractivity contribution in [1.29, 1.82) is 0 Å². The first-order valence-electron chi connectivity index (χ1n) is 9.11. The van der Waals surface area contributed by atoms with Gasteiger partial charge in [0, 0.05) is 12.0 Å². The number of nitrogens with one attached hydrogen (secondary N) is 1. The van der Waals surface area contributed by atoms with Crippen LogP contribution >= 0.6 is 0 Å². The number of aliphatic hydroxyl groups is 1. The van der Waals surface area contributed by atoms with Gasteiger partial charge in [-0.25, -0.2) is 4.79 Å². The highest BCUT2D eigenvalue weighted by Crippen LogP contribution is 2.50. The maximum atomic E-state index is 12.5. The summed E-state index contributed by atoms with van der Waals surface area (Å²) in [6.07, 6.45) is 8.08. The molecule has 0 unspecified atom stereocenters. The maximum Gasteiger partial charge on any atom is 0.408 e. The van der Waals surface area contributed by atoms with Gasteiger partial charge in [-0.3, -0.25) is 0 Å². The number of hydrogen-bond acceptors (Lipinski definition) is 4. The fourth-order valence-electron chi connectivity index (χ4n) is 4.48. The smallest absolute Gasteiger partial charge is 0.408 e. The third-order valence-corrected chi connectivity index (χ3v) is 5.77. The van der Waals surface area contributed by atoms with Gasteiger partial charge < -0.3 is 20.9 Å². The van der Waals surface area contributed by atoms with Crippen LogP contribution in [-0.2, 0) is 4.74 Å². The molecular formula is C18H34N2O3. The summed E-state index contributed by atoms with van der Waals surface area (Å²) in [6, 6.07) is 0. The molecule has 2 aliphatic carbocycles. The minimum atomic E-state index is -0.501. The number of ether oxygens (including phenoxy) is 1. The van der Waals surface area contributed by atoms with Crippen LogP contribution in [0.5, 0.6) is 0 Å². The van der Waals surface area contributed by atoms with Gasteiger partial charge >= 0.3 is 6.09 Å². The first kappa shape index (κ1) is 18.5. The largest absolute Gasteiger partial charge is 0.444 e. The molecule has 0 bridgehead atoms. The van der Waals surface area contributed by atoms with Gasteiger partial charge in [-0.1, -0.05) is 19.3 Å². The summed E-state index contributed by atoms with van der Waals surface area (Å²) in [5.41, 5.74) is 5.32. The van der Waals surface area contributed by atoms with Crippen LogP contribution in [0.4, 0.5) is 4.79 Å². The average Bonchev–Trinajstić information content (AvgIpc) is 2.47. The van der Waals surface area contributed by atoms with Crippen LogP contribution in [0.25, 0.3) is 0 Å². The van der Waals surface area contributed by atoms with E-state index in [4.69, 9.17) is 10.5 Å². The molecule has 4 N–H and O–H groups in total. The first-order chi connectivity index (χ1) is 10.7. The lowest BCUT2D eigenvalue weighted by molar-refractivity contribution is -0.0269. The number of carbonyl (C=O) groups is 1. The highest BCUT2D eigenvalue weighted by atomic mass is 16.6. The number of hydrogen-bond donors (Lipinski definition) is 3. The zero-order valence-corrected chi connectivity index (χ0v) is 15.0. The quantitative estimate of drug-likeness (QED) is 0.744. The molecule has 0 aromatic carbocycles. The van der Waals surface area contributed by atoms with E-state index in [-0.39, 0.29) is 23.2 Å². The number of carbonyl (C=O) groups excluding carboxylic acids is 1. The Kier molecular flexibility index (Phi) is 5.62. The third kappa shape index (κ3) is 4.18. The highest BCUT2D eigenvalue weighted by molar-refractivity contribution is 5.69. The van der Waals surface area contributed by atoms with E-state index in [1.54, 1.807) is 0 Å². The molecule has 0 atom stereocenters. The lowest BCUT2D eigenvalue weighted by Gasteiger charge is -2.55.